The lowest BCUT2D eigenvalue weighted by Gasteiger charge is -2.37. The molecule has 2 aliphatic rings. The minimum Gasteiger partial charge on any atom is -0.350 e. The van der Waals surface area contributed by atoms with Gasteiger partial charge in [0.25, 0.3) is 0 Å². The van der Waals surface area contributed by atoms with Gasteiger partial charge in [-0.05, 0) is 44.6 Å². The largest absolute Gasteiger partial charge is 0.350 e. The van der Waals surface area contributed by atoms with Crippen LogP contribution in [0.5, 0.6) is 0 Å². The highest BCUT2D eigenvalue weighted by molar-refractivity contribution is 5.88. The molecule has 2 amide bonds. The van der Waals surface area contributed by atoms with E-state index in [2.05, 4.69) is 17.6 Å². The standard InChI is InChI=1S/C16H29N3O2.ClH/c1-3-6-15(20)19-10-5-4-7-14(19)16(21)18-13-11-17-9-8-12(13)2;/h12-14,17H,3-11H2,1-2H3,(H,18,21);1H. The lowest BCUT2D eigenvalue weighted by molar-refractivity contribution is -0.142. The zero-order valence-corrected chi connectivity index (χ0v) is 14.6. The van der Waals surface area contributed by atoms with Gasteiger partial charge >= 0.3 is 0 Å². The number of amides is 2. The quantitative estimate of drug-likeness (QED) is 0.824. The Kier molecular flexibility index (Phi) is 8.18. The lowest BCUT2D eigenvalue weighted by atomic mass is 9.93. The number of likely N-dealkylation sites (tertiary alicyclic amines) is 1. The summed E-state index contributed by atoms with van der Waals surface area (Å²) in [7, 11) is 0. The zero-order valence-electron chi connectivity index (χ0n) is 13.8. The highest BCUT2D eigenvalue weighted by Gasteiger charge is 2.33. The number of carbonyl (C=O) groups is 2. The highest BCUT2D eigenvalue weighted by atomic mass is 35.5. The third-order valence-electron chi connectivity index (χ3n) is 4.74. The molecule has 2 N–H and O–H groups in total. The molecule has 128 valence electrons. The number of hydrogen-bond acceptors (Lipinski definition) is 3. The molecule has 2 rings (SSSR count). The predicted octanol–water partition coefficient (Wildman–Crippen LogP) is 1.70. The van der Waals surface area contributed by atoms with Crippen molar-refractivity contribution in [2.24, 2.45) is 5.92 Å². The maximum absolute atomic E-state index is 12.6. The van der Waals surface area contributed by atoms with Crippen LogP contribution in [0.25, 0.3) is 0 Å². The van der Waals surface area contributed by atoms with Crippen LogP contribution in [0.2, 0.25) is 0 Å². The van der Waals surface area contributed by atoms with Gasteiger partial charge in [-0.2, -0.15) is 0 Å². The van der Waals surface area contributed by atoms with E-state index in [9.17, 15) is 9.59 Å². The number of nitrogens with zero attached hydrogens (tertiary/aromatic N) is 1. The number of piperidine rings is 2. The van der Waals surface area contributed by atoms with Crippen LogP contribution in [0.4, 0.5) is 0 Å². The Hall–Kier alpha value is -0.810. The SMILES string of the molecule is CCCC(=O)N1CCCCC1C(=O)NC1CNCCC1C.Cl. The second kappa shape index (κ2) is 9.36. The van der Waals surface area contributed by atoms with Crippen molar-refractivity contribution in [1.29, 1.82) is 0 Å². The highest BCUT2D eigenvalue weighted by Crippen LogP contribution is 2.20. The second-order valence-electron chi connectivity index (χ2n) is 6.43. The normalized spacial score (nSPS) is 28.6. The molecule has 0 spiro atoms. The first-order chi connectivity index (χ1) is 10.1. The van der Waals surface area contributed by atoms with Gasteiger partial charge in [0.2, 0.25) is 11.8 Å². The molecule has 3 atom stereocenters. The van der Waals surface area contributed by atoms with Crippen LogP contribution >= 0.6 is 12.4 Å². The summed E-state index contributed by atoms with van der Waals surface area (Å²) >= 11 is 0. The van der Waals surface area contributed by atoms with Crippen molar-refractivity contribution in [2.75, 3.05) is 19.6 Å². The average Bonchev–Trinajstić information content (AvgIpc) is 2.50. The first-order valence-corrected chi connectivity index (χ1v) is 8.44. The third kappa shape index (κ3) is 4.85. The Morgan fingerprint density at radius 3 is 2.73 bits per heavy atom. The summed E-state index contributed by atoms with van der Waals surface area (Å²) < 4.78 is 0. The van der Waals surface area contributed by atoms with Crippen molar-refractivity contribution in [3.05, 3.63) is 0 Å². The van der Waals surface area contributed by atoms with Gasteiger partial charge in [0.15, 0.2) is 0 Å². The molecule has 22 heavy (non-hydrogen) atoms. The average molecular weight is 332 g/mol. The fraction of sp³-hybridized carbons (Fsp3) is 0.875. The van der Waals surface area contributed by atoms with Crippen LogP contribution in [-0.2, 0) is 9.59 Å². The molecule has 2 fully saturated rings. The predicted molar refractivity (Wildman–Crippen MR) is 90.1 cm³/mol. The summed E-state index contributed by atoms with van der Waals surface area (Å²) in [4.78, 5) is 26.6. The topological polar surface area (TPSA) is 61.4 Å². The van der Waals surface area contributed by atoms with E-state index in [1.165, 1.54) is 0 Å². The minimum absolute atomic E-state index is 0. The molecule has 0 aromatic carbocycles. The Bertz CT molecular complexity index is 378. The van der Waals surface area contributed by atoms with Gasteiger partial charge in [-0.25, -0.2) is 0 Å². The van der Waals surface area contributed by atoms with Gasteiger partial charge < -0.3 is 15.5 Å². The first-order valence-electron chi connectivity index (χ1n) is 8.44. The first kappa shape index (κ1) is 19.2. The van der Waals surface area contributed by atoms with Gasteiger partial charge in [-0.15, -0.1) is 12.4 Å². The molecule has 3 unspecified atom stereocenters. The van der Waals surface area contributed by atoms with Crippen LogP contribution < -0.4 is 10.6 Å². The maximum atomic E-state index is 12.6. The second-order valence-corrected chi connectivity index (χ2v) is 6.43. The number of hydrogen-bond donors (Lipinski definition) is 2. The van der Waals surface area contributed by atoms with Gasteiger partial charge in [0.05, 0.1) is 0 Å². The summed E-state index contributed by atoms with van der Waals surface area (Å²) in [6.45, 7) is 6.79. The van der Waals surface area contributed by atoms with E-state index in [-0.39, 0.29) is 36.3 Å². The van der Waals surface area contributed by atoms with E-state index < -0.39 is 0 Å². The van der Waals surface area contributed by atoms with Gasteiger partial charge in [-0.3, -0.25) is 9.59 Å². The minimum atomic E-state index is -0.257. The molecule has 2 heterocycles. The third-order valence-corrected chi connectivity index (χ3v) is 4.74. The molecule has 0 saturated carbocycles. The molecular weight excluding hydrogens is 302 g/mol. The van der Waals surface area contributed by atoms with Crippen molar-refractivity contribution in [1.82, 2.24) is 15.5 Å². The number of halogens is 1. The summed E-state index contributed by atoms with van der Waals surface area (Å²) in [5, 5.41) is 6.50. The number of rotatable bonds is 4. The molecule has 6 heteroatoms. The summed E-state index contributed by atoms with van der Waals surface area (Å²) in [5.74, 6) is 0.672. The van der Waals surface area contributed by atoms with Crippen molar-refractivity contribution < 1.29 is 9.59 Å². The van der Waals surface area contributed by atoms with E-state index in [1.54, 1.807) is 0 Å². The van der Waals surface area contributed by atoms with Gasteiger partial charge in [0, 0.05) is 25.6 Å². The Labute approximate surface area is 140 Å². The number of nitrogens with one attached hydrogen (secondary N) is 2. The summed E-state index contributed by atoms with van der Waals surface area (Å²) in [5.41, 5.74) is 0. The fourth-order valence-electron chi connectivity index (χ4n) is 3.32. The van der Waals surface area contributed by atoms with E-state index in [4.69, 9.17) is 0 Å². The molecule has 2 saturated heterocycles. The fourth-order valence-corrected chi connectivity index (χ4v) is 3.32. The van der Waals surface area contributed by atoms with Crippen LogP contribution in [0.15, 0.2) is 0 Å². The molecule has 0 aromatic rings. The van der Waals surface area contributed by atoms with Crippen LogP contribution in [0, 0.1) is 5.92 Å². The molecule has 0 radical (unpaired) electrons. The van der Waals surface area contributed by atoms with E-state index in [1.807, 2.05) is 11.8 Å². The zero-order chi connectivity index (χ0) is 15.2. The van der Waals surface area contributed by atoms with Gasteiger partial charge in [0.1, 0.15) is 6.04 Å². The van der Waals surface area contributed by atoms with Crippen LogP contribution in [-0.4, -0.2) is 48.4 Å². The maximum Gasteiger partial charge on any atom is 0.243 e. The Balaban J connectivity index is 0.00000242. The van der Waals surface area contributed by atoms with Crippen LogP contribution in [0.1, 0.15) is 52.4 Å². The van der Waals surface area contributed by atoms with Crippen molar-refractivity contribution in [3.63, 3.8) is 0 Å². The molecule has 5 nitrogen and oxygen atoms in total. The Morgan fingerprint density at radius 2 is 2.05 bits per heavy atom. The van der Waals surface area contributed by atoms with E-state index >= 15 is 0 Å². The van der Waals surface area contributed by atoms with E-state index in [0.29, 0.717) is 12.3 Å². The summed E-state index contributed by atoms with van der Waals surface area (Å²) in [6.07, 6.45) is 5.33. The molecule has 0 bridgehead atoms. The van der Waals surface area contributed by atoms with Crippen molar-refractivity contribution in [2.45, 2.75) is 64.5 Å². The Morgan fingerprint density at radius 1 is 1.27 bits per heavy atom. The van der Waals surface area contributed by atoms with Crippen LogP contribution in [0.3, 0.4) is 0 Å². The number of carbonyl (C=O) groups excluding carboxylic acids is 2. The molecule has 0 aromatic heterocycles. The van der Waals surface area contributed by atoms with Crippen molar-refractivity contribution >= 4 is 24.2 Å². The van der Waals surface area contributed by atoms with Crippen molar-refractivity contribution in [3.8, 4) is 0 Å². The van der Waals surface area contributed by atoms with E-state index in [0.717, 1.165) is 51.7 Å². The molecule has 0 aliphatic carbocycles. The molecular formula is C16H30ClN3O2. The monoisotopic (exact) mass is 331 g/mol. The molecule has 2 aliphatic heterocycles. The lowest BCUT2D eigenvalue weighted by Crippen LogP contribution is -2.57. The summed E-state index contributed by atoms with van der Waals surface area (Å²) in [6, 6.07) is -0.0665. The smallest absolute Gasteiger partial charge is 0.243 e. The van der Waals surface area contributed by atoms with Gasteiger partial charge in [-0.1, -0.05) is 13.8 Å².